The molecule has 0 heterocycles. The van der Waals surface area contributed by atoms with Crippen molar-refractivity contribution in [2.75, 3.05) is 0 Å². The number of rotatable bonds is 4. The molecule has 0 amide bonds. The number of carbonyl (C=O) groups excluding carboxylic acids is 2. The minimum absolute atomic E-state index is 0. The topological polar surface area (TPSA) is 34.1 Å². The minimum atomic E-state index is -0.159. The van der Waals surface area contributed by atoms with Gasteiger partial charge in [0.15, 0.2) is 0 Å². The van der Waals surface area contributed by atoms with Gasteiger partial charge in [0.2, 0.25) is 0 Å². The fourth-order valence-electron chi connectivity index (χ4n) is 0.545. The third-order valence-corrected chi connectivity index (χ3v) is 0.861. The molecule has 0 saturated heterocycles. The molecule has 0 N–H and O–H groups in total. The average Bonchev–Trinajstić information content (AvgIpc) is 1.63. The summed E-state index contributed by atoms with van der Waals surface area (Å²) in [6, 6.07) is 0. The van der Waals surface area contributed by atoms with Crippen LogP contribution in [-0.4, -0.2) is 11.6 Å². The zero-order valence-electron chi connectivity index (χ0n) is 6.22. The monoisotopic (exact) mass is 225 g/mol. The van der Waals surface area contributed by atoms with Crippen LogP contribution in [0.15, 0.2) is 0 Å². The Morgan fingerprint density at radius 1 is 1.40 bits per heavy atom. The van der Waals surface area contributed by atoms with Gasteiger partial charge in [0, 0.05) is 32.6 Å². The van der Waals surface area contributed by atoms with Crippen LogP contribution in [0.5, 0.6) is 0 Å². The van der Waals surface area contributed by atoms with E-state index in [1.807, 2.05) is 6.92 Å². The van der Waals surface area contributed by atoms with Crippen molar-refractivity contribution in [2.45, 2.75) is 26.7 Å². The molecule has 0 unspecified atom stereocenters. The third kappa shape index (κ3) is 7.90. The Morgan fingerprint density at radius 3 is 2.20 bits per heavy atom. The summed E-state index contributed by atoms with van der Waals surface area (Å²) in [5.41, 5.74) is 0. The van der Waals surface area contributed by atoms with E-state index in [0.29, 0.717) is 6.42 Å². The summed E-state index contributed by atoms with van der Waals surface area (Å²) in [5, 5.41) is 0. The van der Waals surface area contributed by atoms with Crippen LogP contribution in [0, 0.1) is 6.42 Å². The molecule has 0 fully saturated rings. The average molecular weight is 223 g/mol. The van der Waals surface area contributed by atoms with Crippen molar-refractivity contribution in [3.05, 3.63) is 6.42 Å². The van der Waals surface area contributed by atoms with Crippen molar-refractivity contribution in [1.82, 2.24) is 0 Å². The normalized spacial score (nSPS) is 7.80. The maximum atomic E-state index is 10.6. The van der Waals surface area contributed by atoms with E-state index in [9.17, 15) is 9.59 Å². The molecular formula is C7H11MoO2-. The van der Waals surface area contributed by atoms with Crippen molar-refractivity contribution in [1.29, 1.82) is 0 Å². The first-order chi connectivity index (χ1) is 4.16. The zero-order chi connectivity index (χ0) is 7.28. The fraction of sp³-hybridized carbons (Fsp3) is 0.571. The third-order valence-electron chi connectivity index (χ3n) is 0.861. The van der Waals surface area contributed by atoms with Gasteiger partial charge in [0.05, 0.1) is 0 Å². The van der Waals surface area contributed by atoms with E-state index in [0.717, 1.165) is 12.8 Å². The van der Waals surface area contributed by atoms with E-state index in [2.05, 4.69) is 0 Å². The number of hydrogen-bond donors (Lipinski definition) is 0. The zero-order valence-corrected chi connectivity index (χ0v) is 8.22. The van der Waals surface area contributed by atoms with Crippen LogP contribution in [0.25, 0.3) is 0 Å². The van der Waals surface area contributed by atoms with Gasteiger partial charge in [-0.1, -0.05) is 13.3 Å². The fourth-order valence-corrected chi connectivity index (χ4v) is 0.545. The standard InChI is InChI=1S/C7H11O2.Mo/c1-3-4-7(9)5-6(2)8;/h5H,3-4H2,1-2H3;/q-1;. The summed E-state index contributed by atoms with van der Waals surface area (Å²) < 4.78 is 0. The molecule has 0 radical (unpaired) electrons. The Balaban J connectivity index is 0. The van der Waals surface area contributed by atoms with Crippen LogP contribution in [-0.2, 0) is 30.7 Å². The predicted molar refractivity (Wildman–Crippen MR) is 34.9 cm³/mol. The minimum Gasteiger partial charge on any atom is -0.334 e. The smallest absolute Gasteiger partial charge is 0.00528 e. The summed E-state index contributed by atoms with van der Waals surface area (Å²) in [4.78, 5) is 20.8. The molecule has 0 spiro atoms. The summed E-state index contributed by atoms with van der Waals surface area (Å²) in [7, 11) is 0. The van der Waals surface area contributed by atoms with Gasteiger partial charge in [-0.2, -0.15) is 0 Å². The molecule has 2 nitrogen and oxygen atoms in total. The second-order valence-electron chi connectivity index (χ2n) is 1.97. The summed E-state index contributed by atoms with van der Waals surface area (Å²) in [5.74, 6) is -0.224. The maximum Gasteiger partial charge on any atom is 0.00528 e. The first kappa shape index (κ1) is 12.6. The Morgan fingerprint density at radius 2 is 1.90 bits per heavy atom. The molecule has 0 aromatic heterocycles. The van der Waals surface area contributed by atoms with E-state index in [1.165, 1.54) is 6.92 Å². The van der Waals surface area contributed by atoms with Crippen molar-refractivity contribution >= 4 is 11.6 Å². The molecule has 58 valence electrons. The van der Waals surface area contributed by atoms with Crippen LogP contribution in [0.2, 0.25) is 0 Å². The van der Waals surface area contributed by atoms with Crippen molar-refractivity contribution < 1.29 is 30.7 Å². The number of hydrogen-bond acceptors (Lipinski definition) is 2. The van der Waals surface area contributed by atoms with Crippen LogP contribution in [0.1, 0.15) is 26.7 Å². The molecule has 0 aliphatic carbocycles. The molecular weight excluding hydrogens is 212 g/mol. The van der Waals surface area contributed by atoms with E-state index < -0.39 is 0 Å². The van der Waals surface area contributed by atoms with Gasteiger partial charge in [-0.3, -0.25) is 6.42 Å². The van der Waals surface area contributed by atoms with Crippen LogP contribution in [0.4, 0.5) is 0 Å². The molecule has 0 aromatic rings. The molecule has 0 bridgehead atoms. The molecule has 0 aliphatic rings. The van der Waals surface area contributed by atoms with Gasteiger partial charge in [-0.15, -0.1) is 0 Å². The molecule has 10 heavy (non-hydrogen) atoms. The predicted octanol–water partition coefficient (Wildman–Crippen LogP) is 1.15. The van der Waals surface area contributed by atoms with Crippen molar-refractivity contribution in [2.24, 2.45) is 0 Å². The van der Waals surface area contributed by atoms with Crippen LogP contribution >= 0.6 is 0 Å². The Kier molecular flexibility index (Phi) is 8.81. The van der Waals surface area contributed by atoms with Gasteiger partial charge in [-0.25, -0.2) is 0 Å². The molecule has 0 aliphatic heterocycles. The summed E-state index contributed by atoms with van der Waals surface area (Å²) in [6.45, 7) is 3.29. The Labute approximate surface area is 75.6 Å². The first-order valence-electron chi connectivity index (χ1n) is 3.05. The first-order valence-corrected chi connectivity index (χ1v) is 3.05. The Bertz CT molecular complexity index is 121. The Hall–Kier alpha value is -0.102. The van der Waals surface area contributed by atoms with Gasteiger partial charge in [-0.05, 0) is 13.3 Å². The van der Waals surface area contributed by atoms with Crippen LogP contribution in [0.3, 0.4) is 0 Å². The van der Waals surface area contributed by atoms with Gasteiger partial charge in [0.1, 0.15) is 0 Å². The van der Waals surface area contributed by atoms with E-state index in [1.54, 1.807) is 0 Å². The quantitative estimate of drug-likeness (QED) is 0.407. The van der Waals surface area contributed by atoms with Gasteiger partial charge >= 0.3 is 0 Å². The van der Waals surface area contributed by atoms with E-state index >= 15 is 0 Å². The number of ketones is 2. The second kappa shape index (κ2) is 7.01. The van der Waals surface area contributed by atoms with Gasteiger partial charge < -0.3 is 9.59 Å². The number of carbonyl (C=O) groups is 2. The van der Waals surface area contributed by atoms with E-state index in [-0.39, 0.29) is 32.6 Å². The van der Waals surface area contributed by atoms with E-state index in [4.69, 9.17) is 0 Å². The molecule has 0 atom stereocenters. The van der Waals surface area contributed by atoms with Crippen LogP contribution < -0.4 is 0 Å². The maximum absolute atomic E-state index is 10.6. The van der Waals surface area contributed by atoms with Crippen molar-refractivity contribution in [3.8, 4) is 0 Å². The van der Waals surface area contributed by atoms with Gasteiger partial charge in [0.25, 0.3) is 0 Å². The number of Topliss-reactive ketones (excluding diaryl/α,β-unsaturated/α-hetero) is 2. The summed E-state index contributed by atoms with van der Waals surface area (Å²) in [6.07, 6.45) is 2.44. The molecule has 0 aromatic carbocycles. The molecule has 0 saturated carbocycles. The SMILES string of the molecule is CCCC(=O)[CH-]C(C)=O.[Mo]. The van der Waals surface area contributed by atoms with Crippen molar-refractivity contribution in [3.63, 3.8) is 0 Å². The molecule has 3 heteroatoms. The largest absolute Gasteiger partial charge is 0.334 e. The molecule has 0 rings (SSSR count). The second-order valence-corrected chi connectivity index (χ2v) is 1.97. The summed E-state index contributed by atoms with van der Waals surface area (Å²) >= 11 is 0.